The number of nitrogens with zero attached hydrogens (tertiary/aromatic N) is 2. The molecule has 1 heterocycles. The lowest BCUT2D eigenvalue weighted by Crippen LogP contribution is -2.43. The minimum Gasteiger partial charge on any atom is -0.409 e. The Kier molecular flexibility index (Phi) is 3.61. The molecule has 1 saturated heterocycles. The number of rotatable bonds is 2. The summed E-state index contributed by atoms with van der Waals surface area (Å²) in [5.41, 5.74) is 5.55. The fourth-order valence-electron chi connectivity index (χ4n) is 2.31. The maximum Gasteiger partial charge on any atom is 0.175 e. The molecule has 0 bridgehead atoms. The molecule has 1 aromatic rings. The van der Waals surface area contributed by atoms with Crippen LogP contribution in [0.1, 0.15) is 25.3 Å². The van der Waals surface area contributed by atoms with E-state index < -0.39 is 11.4 Å². The third kappa shape index (κ3) is 2.78. The van der Waals surface area contributed by atoms with Gasteiger partial charge in [0.25, 0.3) is 0 Å². The van der Waals surface area contributed by atoms with Gasteiger partial charge in [-0.3, -0.25) is 0 Å². The number of halogens is 1. The highest BCUT2D eigenvalue weighted by Crippen LogP contribution is 2.29. The lowest BCUT2D eigenvalue weighted by molar-refractivity contribution is 0.0351. The van der Waals surface area contributed by atoms with Crippen molar-refractivity contribution in [2.45, 2.75) is 25.4 Å². The van der Waals surface area contributed by atoms with E-state index in [0.29, 0.717) is 31.6 Å². The van der Waals surface area contributed by atoms with E-state index in [1.165, 1.54) is 6.07 Å². The molecule has 104 valence electrons. The average molecular weight is 267 g/mol. The standard InChI is InChI=1S/C13H18FN3O2/c1-13(18)5-7-17(8-6-13)10-4-2-3-9(14)11(10)12(15)16-19/h2-4,18-19H,5-8H2,1H3,(H2,15,16). The van der Waals surface area contributed by atoms with Crippen molar-refractivity contribution in [3.05, 3.63) is 29.6 Å². The Hall–Kier alpha value is -1.82. The van der Waals surface area contributed by atoms with Gasteiger partial charge in [-0.15, -0.1) is 0 Å². The van der Waals surface area contributed by atoms with Gasteiger partial charge in [-0.05, 0) is 31.9 Å². The van der Waals surface area contributed by atoms with E-state index in [0.717, 1.165) is 0 Å². The molecule has 5 nitrogen and oxygen atoms in total. The lowest BCUT2D eigenvalue weighted by atomic mass is 9.93. The fraction of sp³-hybridized carbons (Fsp3) is 0.462. The second-order valence-corrected chi connectivity index (χ2v) is 5.10. The summed E-state index contributed by atoms with van der Waals surface area (Å²) >= 11 is 0. The molecule has 1 aliphatic heterocycles. The summed E-state index contributed by atoms with van der Waals surface area (Å²) in [7, 11) is 0. The molecular weight excluding hydrogens is 249 g/mol. The lowest BCUT2D eigenvalue weighted by Gasteiger charge is -2.37. The Labute approximate surface area is 111 Å². The highest BCUT2D eigenvalue weighted by molar-refractivity contribution is 6.02. The monoisotopic (exact) mass is 267 g/mol. The molecule has 4 N–H and O–H groups in total. The number of nitrogens with two attached hydrogens (primary N) is 1. The first kappa shape index (κ1) is 13.6. The molecule has 1 aromatic carbocycles. The Morgan fingerprint density at radius 2 is 2.05 bits per heavy atom. The molecule has 0 amide bonds. The minimum absolute atomic E-state index is 0.103. The molecule has 0 spiro atoms. The summed E-state index contributed by atoms with van der Waals surface area (Å²) in [6.45, 7) is 2.99. The van der Waals surface area contributed by atoms with E-state index in [-0.39, 0.29) is 11.4 Å². The van der Waals surface area contributed by atoms with Crippen molar-refractivity contribution >= 4 is 11.5 Å². The highest BCUT2D eigenvalue weighted by atomic mass is 19.1. The van der Waals surface area contributed by atoms with E-state index in [2.05, 4.69) is 5.16 Å². The topological polar surface area (TPSA) is 82.1 Å². The van der Waals surface area contributed by atoms with Crippen LogP contribution in [0.2, 0.25) is 0 Å². The maximum absolute atomic E-state index is 13.8. The molecule has 0 unspecified atom stereocenters. The van der Waals surface area contributed by atoms with Gasteiger partial charge in [-0.25, -0.2) is 4.39 Å². The van der Waals surface area contributed by atoms with E-state index >= 15 is 0 Å². The second-order valence-electron chi connectivity index (χ2n) is 5.10. The largest absolute Gasteiger partial charge is 0.409 e. The Bertz CT molecular complexity index is 493. The second kappa shape index (κ2) is 5.05. The molecule has 0 saturated carbocycles. The van der Waals surface area contributed by atoms with E-state index in [1.54, 1.807) is 19.1 Å². The van der Waals surface area contributed by atoms with Crippen LogP contribution in [0, 0.1) is 5.82 Å². The van der Waals surface area contributed by atoms with Gasteiger partial charge in [0, 0.05) is 13.1 Å². The molecular formula is C13H18FN3O2. The average Bonchev–Trinajstić information content (AvgIpc) is 2.37. The number of hydrogen-bond acceptors (Lipinski definition) is 4. The van der Waals surface area contributed by atoms with Crippen molar-refractivity contribution in [2.75, 3.05) is 18.0 Å². The van der Waals surface area contributed by atoms with Gasteiger partial charge in [0.05, 0.1) is 16.9 Å². The van der Waals surface area contributed by atoms with Crippen LogP contribution < -0.4 is 10.6 Å². The van der Waals surface area contributed by atoms with Crippen molar-refractivity contribution in [1.29, 1.82) is 0 Å². The highest BCUT2D eigenvalue weighted by Gasteiger charge is 2.29. The summed E-state index contributed by atoms with van der Waals surface area (Å²) in [4.78, 5) is 1.94. The zero-order valence-corrected chi connectivity index (χ0v) is 10.8. The third-order valence-corrected chi connectivity index (χ3v) is 3.54. The molecule has 0 aliphatic carbocycles. The molecule has 0 aromatic heterocycles. The number of oxime groups is 1. The number of piperidine rings is 1. The summed E-state index contributed by atoms with van der Waals surface area (Å²) in [6, 6.07) is 4.60. The van der Waals surface area contributed by atoms with Crippen molar-refractivity contribution in [2.24, 2.45) is 10.9 Å². The summed E-state index contributed by atoms with van der Waals surface area (Å²) in [5, 5.41) is 21.6. The smallest absolute Gasteiger partial charge is 0.175 e. The molecule has 1 fully saturated rings. The maximum atomic E-state index is 13.8. The van der Waals surface area contributed by atoms with Gasteiger partial charge in [-0.1, -0.05) is 11.2 Å². The van der Waals surface area contributed by atoms with Crippen LogP contribution in [-0.2, 0) is 0 Å². The first-order valence-electron chi connectivity index (χ1n) is 6.18. The number of amidine groups is 1. The molecule has 6 heteroatoms. The van der Waals surface area contributed by atoms with Gasteiger partial charge < -0.3 is 20.9 Å². The molecule has 19 heavy (non-hydrogen) atoms. The normalized spacial score (nSPS) is 19.5. The fourth-order valence-corrected chi connectivity index (χ4v) is 2.31. The van der Waals surface area contributed by atoms with E-state index in [1.807, 2.05) is 4.90 Å². The zero-order chi connectivity index (χ0) is 14.0. The van der Waals surface area contributed by atoms with Crippen LogP contribution in [0.15, 0.2) is 23.4 Å². The molecule has 0 radical (unpaired) electrons. The van der Waals surface area contributed by atoms with Gasteiger partial charge >= 0.3 is 0 Å². The molecule has 2 rings (SSSR count). The SMILES string of the molecule is CC1(O)CCN(c2cccc(F)c2/C(N)=N/O)CC1. The van der Waals surface area contributed by atoms with Crippen molar-refractivity contribution in [3.8, 4) is 0 Å². The Morgan fingerprint density at radius 1 is 1.42 bits per heavy atom. The van der Waals surface area contributed by atoms with Crippen LogP contribution in [0.3, 0.4) is 0 Å². The summed E-state index contributed by atoms with van der Waals surface area (Å²) in [6.07, 6.45) is 1.19. The number of hydrogen-bond donors (Lipinski definition) is 3. The Balaban J connectivity index is 2.33. The van der Waals surface area contributed by atoms with Gasteiger partial charge in [-0.2, -0.15) is 0 Å². The minimum atomic E-state index is -0.680. The molecule has 1 aliphatic rings. The summed E-state index contributed by atoms with van der Waals surface area (Å²) in [5.74, 6) is -0.768. The number of anilines is 1. The zero-order valence-electron chi connectivity index (χ0n) is 10.8. The predicted octanol–water partition coefficient (Wildman–Crippen LogP) is 1.27. The molecule has 0 atom stereocenters. The Morgan fingerprint density at radius 3 is 2.63 bits per heavy atom. The number of aliphatic hydroxyl groups is 1. The van der Waals surface area contributed by atoms with Gasteiger partial charge in [0.1, 0.15) is 5.82 Å². The first-order chi connectivity index (χ1) is 8.94. The van der Waals surface area contributed by atoms with Gasteiger partial charge in [0.2, 0.25) is 0 Å². The number of benzene rings is 1. The third-order valence-electron chi connectivity index (χ3n) is 3.54. The van der Waals surface area contributed by atoms with Crippen molar-refractivity contribution in [3.63, 3.8) is 0 Å². The van der Waals surface area contributed by atoms with E-state index in [9.17, 15) is 9.50 Å². The van der Waals surface area contributed by atoms with Crippen molar-refractivity contribution in [1.82, 2.24) is 0 Å². The summed E-state index contributed by atoms with van der Waals surface area (Å²) < 4.78 is 13.8. The predicted molar refractivity (Wildman–Crippen MR) is 71.0 cm³/mol. The first-order valence-corrected chi connectivity index (χ1v) is 6.18. The van der Waals surface area contributed by atoms with Crippen LogP contribution in [-0.4, -0.2) is 34.8 Å². The van der Waals surface area contributed by atoms with Crippen molar-refractivity contribution < 1.29 is 14.7 Å². The van der Waals surface area contributed by atoms with Crippen LogP contribution >= 0.6 is 0 Å². The quantitative estimate of drug-likeness (QED) is 0.326. The van der Waals surface area contributed by atoms with Crippen LogP contribution in [0.5, 0.6) is 0 Å². The van der Waals surface area contributed by atoms with Crippen LogP contribution in [0.25, 0.3) is 0 Å². The van der Waals surface area contributed by atoms with Gasteiger partial charge in [0.15, 0.2) is 5.84 Å². The van der Waals surface area contributed by atoms with Crippen LogP contribution in [0.4, 0.5) is 10.1 Å². The van der Waals surface area contributed by atoms with E-state index in [4.69, 9.17) is 10.9 Å².